The number of hydrogen-bond acceptors (Lipinski definition) is 4. The summed E-state index contributed by atoms with van der Waals surface area (Å²) in [5.41, 5.74) is 0. The minimum atomic E-state index is -0.601. The summed E-state index contributed by atoms with van der Waals surface area (Å²) < 4.78 is 2.04. The Balaban J connectivity index is 3.11. The summed E-state index contributed by atoms with van der Waals surface area (Å²) in [7, 11) is 0. The number of rotatable bonds is 3. The molecule has 1 atom stereocenters. The maximum absolute atomic E-state index is 10.5. The molecule has 1 rings (SSSR count). The van der Waals surface area contributed by atoms with Gasteiger partial charge in [-0.25, -0.2) is 0 Å². The first-order chi connectivity index (χ1) is 6.43. The van der Waals surface area contributed by atoms with E-state index in [2.05, 4.69) is 36.8 Å². The molecule has 78 valence electrons. The van der Waals surface area contributed by atoms with Crippen LogP contribution in [-0.4, -0.2) is 25.7 Å². The Bertz CT molecular complexity index is 363. The second-order valence-electron chi connectivity index (χ2n) is 2.71. The SMILES string of the molecule is CC(O)Cn1c(Br)nc([N+](=O)[O-])c1Br. The summed E-state index contributed by atoms with van der Waals surface area (Å²) in [6, 6.07) is 0. The summed E-state index contributed by atoms with van der Waals surface area (Å²) in [5.74, 6) is -0.266. The summed E-state index contributed by atoms with van der Waals surface area (Å²) >= 11 is 6.12. The van der Waals surface area contributed by atoms with Crippen LogP contribution in [0.25, 0.3) is 0 Å². The molecule has 0 radical (unpaired) electrons. The van der Waals surface area contributed by atoms with E-state index in [4.69, 9.17) is 5.11 Å². The van der Waals surface area contributed by atoms with Gasteiger partial charge in [0.1, 0.15) is 0 Å². The lowest BCUT2D eigenvalue weighted by Gasteiger charge is -2.05. The predicted octanol–water partition coefficient (Wildman–Crippen LogP) is 1.70. The van der Waals surface area contributed by atoms with Crippen LogP contribution < -0.4 is 0 Å². The van der Waals surface area contributed by atoms with E-state index in [1.54, 1.807) is 6.92 Å². The maximum Gasteiger partial charge on any atom is 0.397 e. The van der Waals surface area contributed by atoms with Gasteiger partial charge in [0.2, 0.25) is 0 Å². The van der Waals surface area contributed by atoms with E-state index in [-0.39, 0.29) is 17.0 Å². The molecule has 0 spiro atoms. The van der Waals surface area contributed by atoms with Crippen LogP contribution in [0.4, 0.5) is 5.82 Å². The molecule has 6 nitrogen and oxygen atoms in total. The Morgan fingerprint density at radius 1 is 1.71 bits per heavy atom. The van der Waals surface area contributed by atoms with Gasteiger partial charge >= 0.3 is 5.82 Å². The van der Waals surface area contributed by atoms with Crippen LogP contribution >= 0.6 is 31.9 Å². The van der Waals surface area contributed by atoms with Crippen LogP contribution in [0.3, 0.4) is 0 Å². The van der Waals surface area contributed by atoms with Crippen molar-refractivity contribution >= 4 is 37.7 Å². The lowest BCUT2D eigenvalue weighted by Crippen LogP contribution is -2.12. The zero-order valence-electron chi connectivity index (χ0n) is 7.15. The highest BCUT2D eigenvalue weighted by molar-refractivity contribution is 9.11. The van der Waals surface area contributed by atoms with E-state index >= 15 is 0 Å². The standard InChI is InChI=1S/C6H7Br2N3O3/c1-3(12)2-10-4(7)5(11(13)14)9-6(10)8/h3,12H,2H2,1H3. The van der Waals surface area contributed by atoms with Crippen molar-refractivity contribution in [2.24, 2.45) is 0 Å². The van der Waals surface area contributed by atoms with Gasteiger partial charge in [0.15, 0.2) is 4.60 Å². The summed E-state index contributed by atoms with van der Waals surface area (Å²) in [5, 5.41) is 19.6. The Labute approximate surface area is 96.3 Å². The number of hydrogen-bond donors (Lipinski definition) is 1. The van der Waals surface area contributed by atoms with Gasteiger partial charge in [-0.05, 0) is 32.8 Å². The highest BCUT2D eigenvalue weighted by atomic mass is 79.9. The highest BCUT2D eigenvalue weighted by Gasteiger charge is 2.24. The minimum absolute atomic E-state index is 0.238. The zero-order chi connectivity index (χ0) is 10.9. The van der Waals surface area contributed by atoms with E-state index in [0.29, 0.717) is 4.73 Å². The Morgan fingerprint density at radius 2 is 2.29 bits per heavy atom. The van der Waals surface area contributed by atoms with Gasteiger partial charge in [-0.3, -0.25) is 4.57 Å². The van der Waals surface area contributed by atoms with Gasteiger partial charge in [-0.1, -0.05) is 0 Å². The van der Waals surface area contributed by atoms with Crippen molar-refractivity contribution in [3.63, 3.8) is 0 Å². The third-order valence-corrected chi connectivity index (χ3v) is 2.85. The third-order valence-electron chi connectivity index (χ3n) is 1.46. The molecular weight excluding hydrogens is 322 g/mol. The van der Waals surface area contributed by atoms with Crippen LogP contribution in [0.1, 0.15) is 6.92 Å². The minimum Gasteiger partial charge on any atom is -0.392 e. The monoisotopic (exact) mass is 327 g/mol. The van der Waals surface area contributed by atoms with Crippen LogP contribution in [0.15, 0.2) is 9.34 Å². The normalized spacial score (nSPS) is 12.9. The largest absolute Gasteiger partial charge is 0.397 e. The molecule has 14 heavy (non-hydrogen) atoms. The Morgan fingerprint density at radius 3 is 2.64 bits per heavy atom. The molecule has 1 aromatic rings. The van der Waals surface area contributed by atoms with Gasteiger partial charge in [0.05, 0.1) is 12.6 Å². The van der Waals surface area contributed by atoms with Crippen LogP contribution in [0.5, 0.6) is 0 Å². The van der Waals surface area contributed by atoms with E-state index in [1.807, 2.05) is 0 Å². The molecule has 0 saturated carbocycles. The zero-order valence-corrected chi connectivity index (χ0v) is 10.3. The molecule has 0 aliphatic rings. The average Bonchev–Trinajstić information content (AvgIpc) is 2.31. The average molecular weight is 329 g/mol. The smallest absolute Gasteiger partial charge is 0.392 e. The second kappa shape index (κ2) is 4.37. The molecule has 1 unspecified atom stereocenters. The number of aromatic nitrogens is 2. The fourth-order valence-electron chi connectivity index (χ4n) is 0.931. The first-order valence-electron chi connectivity index (χ1n) is 3.67. The number of nitrogens with zero attached hydrogens (tertiary/aromatic N) is 3. The van der Waals surface area contributed by atoms with Crippen molar-refractivity contribution in [3.8, 4) is 0 Å². The van der Waals surface area contributed by atoms with E-state index in [0.717, 1.165) is 0 Å². The molecule has 0 saturated heterocycles. The van der Waals surface area contributed by atoms with Crippen LogP contribution in [0, 0.1) is 10.1 Å². The lowest BCUT2D eigenvalue weighted by atomic mass is 10.4. The Kier molecular flexibility index (Phi) is 3.62. The first kappa shape index (κ1) is 11.6. The van der Waals surface area contributed by atoms with E-state index < -0.39 is 11.0 Å². The molecule has 8 heteroatoms. The first-order valence-corrected chi connectivity index (χ1v) is 5.26. The van der Waals surface area contributed by atoms with Crippen molar-refractivity contribution in [1.82, 2.24) is 9.55 Å². The number of aliphatic hydroxyl groups excluding tert-OH is 1. The molecule has 0 amide bonds. The third kappa shape index (κ3) is 2.31. The van der Waals surface area contributed by atoms with Gasteiger partial charge in [-0.15, -0.1) is 0 Å². The predicted molar refractivity (Wildman–Crippen MR) is 56.0 cm³/mol. The molecule has 0 aliphatic heterocycles. The van der Waals surface area contributed by atoms with Gasteiger partial charge in [0.25, 0.3) is 4.73 Å². The topological polar surface area (TPSA) is 81.2 Å². The number of nitro groups is 1. The maximum atomic E-state index is 10.5. The van der Waals surface area contributed by atoms with Crippen molar-refractivity contribution in [2.45, 2.75) is 19.6 Å². The molecule has 0 bridgehead atoms. The van der Waals surface area contributed by atoms with Crippen LogP contribution in [0.2, 0.25) is 0 Å². The quantitative estimate of drug-likeness (QED) is 0.676. The molecule has 1 N–H and O–H groups in total. The van der Waals surface area contributed by atoms with Crippen molar-refractivity contribution in [2.75, 3.05) is 0 Å². The van der Waals surface area contributed by atoms with E-state index in [1.165, 1.54) is 4.57 Å². The number of halogens is 2. The van der Waals surface area contributed by atoms with Gasteiger partial charge in [0, 0.05) is 15.9 Å². The summed E-state index contributed by atoms with van der Waals surface area (Å²) in [4.78, 5) is 13.6. The molecular formula is C6H7Br2N3O3. The summed E-state index contributed by atoms with van der Waals surface area (Å²) in [6.07, 6.45) is -0.601. The molecule has 0 fully saturated rings. The van der Waals surface area contributed by atoms with Crippen LogP contribution in [-0.2, 0) is 6.54 Å². The molecule has 0 aromatic carbocycles. The highest BCUT2D eigenvalue weighted by Crippen LogP contribution is 2.28. The van der Waals surface area contributed by atoms with Crippen molar-refractivity contribution in [1.29, 1.82) is 0 Å². The Hall–Kier alpha value is -0.470. The molecule has 1 aromatic heterocycles. The van der Waals surface area contributed by atoms with Crippen molar-refractivity contribution < 1.29 is 10.0 Å². The number of imidazole rings is 1. The van der Waals surface area contributed by atoms with Gasteiger partial charge in [-0.2, -0.15) is 0 Å². The molecule has 0 aliphatic carbocycles. The fourth-order valence-corrected chi connectivity index (χ4v) is 2.21. The van der Waals surface area contributed by atoms with E-state index in [9.17, 15) is 10.1 Å². The van der Waals surface area contributed by atoms with Gasteiger partial charge < -0.3 is 15.2 Å². The second-order valence-corrected chi connectivity index (χ2v) is 4.17. The summed E-state index contributed by atoms with van der Waals surface area (Å²) in [6.45, 7) is 1.83. The lowest BCUT2D eigenvalue weighted by molar-refractivity contribution is -0.390. The fraction of sp³-hybridized carbons (Fsp3) is 0.500. The molecule has 1 heterocycles. The number of aliphatic hydroxyl groups is 1. The van der Waals surface area contributed by atoms with Crippen molar-refractivity contribution in [3.05, 3.63) is 19.5 Å².